The summed E-state index contributed by atoms with van der Waals surface area (Å²) < 4.78 is 10.8. The number of ether oxygens (including phenoxy) is 2. The van der Waals surface area contributed by atoms with Crippen molar-refractivity contribution in [2.24, 2.45) is 0 Å². The molecule has 0 bridgehead atoms. The Bertz CT molecular complexity index is 656. The normalized spacial score (nSPS) is 11.6. The maximum absolute atomic E-state index is 12.2. The Hall–Kier alpha value is -2.20. The largest absolute Gasteiger partial charge is 0.497 e. The molecule has 0 spiro atoms. The van der Waals surface area contributed by atoms with Crippen LogP contribution in [0, 0.1) is 0 Å². The highest BCUT2D eigenvalue weighted by atomic mass is 35.5. The topological polar surface area (TPSA) is 47.6 Å². The lowest BCUT2D eigenvalue weighted by Gasteiger charge is -2.18. The molecular weight excluding hydrogens is 338 g/mol. The van der Waals surface area contributed by atoms with Crippen LogP contribution in [-0.4, -0.2) is 19.6 Å². The summed E-state index contributed by atoms with van der Waals surface area (Å²) in [7, 11) is 1.64. The molecule has 0 fully saturated rings. The molecule has 2 rings (SSSR count). The number of benzene rings is 2. The molecule has 0 saturated carbocycles. The summed E-state index contributed by atoms with van der Waals surface area (Å²) in [6.07, 6.45) is 1.92. The van der Waals surface area contributed by atoms with E-state index in [0.717, 1.165) is 23.5 Å². The van der Waals surface area contributed by atoms with E-state index >= 15 is 0 Å². The third-order valence-electron chi connectivity index (χ3n) is 3.89. The highest BCUT2D eigenvalue weighted by Crippen LogP contribution is 2.20. The zero-order valence-electron chi connectivity index (χ0n) is 14.6. The lowest BCUT2D eigenvalue weighted by molar-refractivity contribution is -0.122. The lowest BCUT2D eigenvalue weighted by atomic mass is 10.0. The van der Waals surface area contributed by atoms with Gasteiger partial charge < -0.3 is 14.8 Å². The van der Waals surface area contributed by atoms with Crippen molar-refractivity contribution in [2.75, 3.05) is 13.7 Å². The third kappa shape index (κ3) is 6.31. The van der Waals surface area contributed by atoms with Crippen LogP contribution in [0.3, 0.4) is 0 Å². The van der Waals surface area contributed by atoms with Crippen molar-refractivity contribution in [1.82, 2.24) is 5.32 Å². The van der Waals surface area contributed by atoms with Gasteiger partial charge >= 0.3 is 0 Å². The Labute approximate surface area is 154 Å². The Kier molecular flexibility index (Phi) is 7.61. The number of hydrogen-bond donors (Lipinski definition) is 1. The quantitative estimate of drug-likeness (QED) is 0.654. The predicted molar refractivity (Wildman–Crippen MR) is 100 cm³/mol. The first-order valence-corrected chi connectivity index (χ1v) is 8.82. The number of nitrogens with one attached hydrogen (secondary N) is 1. The van der Waals surface area contributed by atoms with E-state index in [0.29, 0.717) is 24.5 Å². The SMILES string of the molecule is CCC(NC(=O)CCCOc1ccc(Cl)cc1)c1ccc(OC)cc1. The van der Waals surface area contributed by atoms with E-state index < -0.39 is 0 Å². The van der Waals surface area contributed by atoms with Crippen molar-refractivity contribution in [3.63, 3.8) is 0 Å². The molecule has 0 radical (unpaired) electrons. The Balaban J connectivity index is 1.74. The van der Waals surface area contributed by atoms with Crippen LogP contribution < -0.4 is 14.8 Å². The van der Waals surface area contributed by atoms with Crippen LogP contribution in [0.15, 0.2) is 48.5 Å². The van der Waals surface area contributed by atoms with Gasteiger partial charge in [-0.3, -0.25) is 4.79 Å². The van der Waals surface area contributed by atoms with Crippen LogP contribution >= 0.6 is 11.6 Å². The minimum atomic E-state index is 0.00981. The van der Waals surface area contributed by atoms with Crippen LogP contribution in [-0.2, 0) is 4.79 Å². The van der Waals surface area contributed by atoms with Gasteiger partial charge in [0.05, 0.1) is 19.8 Å². The average Bonchev–Trinajstić information content (AvgIpc) is 2.65. The minimum Gasteiger partial charge on any atom is -0.497 e. The standard InChI is InChI=1S/C20H24ClNO3/c1-3-19(15-6-10-17(24-2)11-7-15)22-20(23)5-4-14-25-18-12-8-16(21)9-13-18/h6-13,19H,3-5,14H2,1-2H3,(H,22,23). The molecule has 1 atom stereocenters. The molecule has 5 heteroatoms. The van der Waals surface area contributed by atoms with Crippen molar-refractivity contribution >= 4 is 17.5 Å². The molecule has 1 N–H and O–H groups in total. The monoisotopic (exact) mass is 361 g/mol. The van der Waals surface area contributed by atoms with E-state index in [1.54, 1.807) is 19.2 Å². The lowest BCUT2D eigenvalue weighted by Crippen LogP contribution is -2.28. The highest BCUT2D eigenvalue weighted by Gasteiger charge is 2.12. The van der Waals surface area contributed by atoms with E-state index in [-0.39, 0.29) is 11.9 Å². The molecule has 0 aliphatic heterocycles. The van der Waals surface area contributed by atoms with Gasteiger partial charge in [0.2, 0.25) is 5.91 Å². The number of carbonyl (C=O) groups is 1. The fourth-order valence-corrected chi connectivity index (χ4v) is 2.60. The smallest absolute Gasteiger partial charge is 0.220 e. The zero-order chi connectivity index (χ0) is 18.1. The Morgan fingerprint density at radius 3 is 2.32 bits per heavy atom. The first-order valence-electron chi connectivity index (χ1n) is 8.44. The van der Waals surface area contributed by atoms with Gasteiger partial charge in [-0.1, -0.05) is 30.7 Å². The van der Waals surface area contributed by atoms with E-state index in [4.69, 9.17) is 21.1 Å². The summed E-state index contributed by atoms with van der Waals surface area (Å²) in [6.45, 7) is 2.55. The maximum Gasteiger partial charge on any atom is 0.220 e. The molecule has 0 saturated heterocycles. The van der Waals surface area contributed by atoms with Crippen LogP contribution in [0.1, 0.15) is 37.8 Å². The molecule has 25 heavy (non-hydrogen) atoms. The van der Waals surface area contributed by atoms with Gasteiger partial charge in [-0.15, -0.1) is 0 Å². The van der Waals surface area contributed by atoms with E-state index in [9.17, 15) is 4.79 Å². The van der Waals surface area contributed by atoms with Crippen LogP contribution in [0.25, 0.3) is 0 Å². The second kappa shape index (κ2) is 9.94. The average molecular weight is 362 g/mol. The summed E-state index contributed by atoms with van der Waals surface area (Å²) in [5, 5.41) is 3.75. The molecule has 2 aromatic carbocycles. The number of hydrogen-bond acceptors (Lipinski definition) is 3. The van der Waals surface area contributed by atoms with Gasteiger partial charge in [-0.2, -0.15) is 0 Å². The number of carbonyl (C=O) groups excluding carboxylic acids is 1. The van der Waals surface area contributed by atoms with Crippen LogP contribution in [0.2, 0.25) is 5.02 Å². The van der Waals surface area contributed by atoms with E-state index in [1.807, 2.05) is 36.4 Å². The number of amides is 1. The molecule has 1 unspecified atom stereocenters. The van der Waals surface area contributed by atoms with Gasteiger partial charge in [0.1, 0.15) is 11.5 Å². The van der Waals surface area contributed by atoms with Crippen molar-refractivity contribution in [1.29, 1.82) is 0 Å². The predicted octanol–water partition coefficient (Wildman–Crippen LogP) is 4.78. The van der Waals surface area contributed by atoms with E-state index in [2.05, 4.69) is 12.2 Å². The Morgan fingerprint density at radius 1 is 1.08 bits per heavy atom. The number of rotatable bonds is 9. The molecule has 0 aliphatic carbocycles. The first-order chi connectivity index (χ1) is 12.1. The van der Waals surface area contributed by atoms with Crippen molar-refractivity contribution in [3.05, 3.63) is 59.1 Å². The summed E-state index contributed by atoms with van der Waals surface area (Å²) in [4.78, 5) is 12.2. The second-order valence-corrected chi connectivity index (χ2v) is 6.14. The van der Waals surface area contributed by atoms with Gasteiger partial charge in [-0.25, -0.2) is 0 Å². The summed E-state index contributed by atoms with van der Waals surface area (Å²) in [6, 6.07) is 15.0. The number of methoxy groups -OCH3 is 1. The fraction of sp³-hybridized carbons (Fsp3) is 0.350. The summed E-state index contributed by atoms with van der Waals surface area (Å²) in [5.41, 5.74) is 1.08. The molecule has 134 valence electrons. The maximum atomic E-state index is 12.2. The zero-order valence-corrected chi connectivity index (χ0v) is 15.4. The van der Waals surface area contributed by atoms with Crippen molar-refractivity contribution in [2.45, 2.75) is 32.2 Å². The molecule has 2 aromatic rings. The molecule has 4 nitrogen and oxygen atoms in total. The minimum absolute atomic E-state index is 0.00981. The van der Waals surface area contributed by atoms with Crippen LogP contribution in [0.4, 0.5) is 0 Å². The van der Waals surface area contributed by atoms with Gasteiger partial charge in [0.15, 0.2) is 0 Å². The van der Waals surface area contributed by atoms with Crippen molar-refractivity contribution < 1.29 is 14.3 Å². The number of halogens is 1. The Morgan fingerprint density at radius 2 is 1.72 bits per heavy atom. The van der Waals surface area contributed by atoms with Crippen molar-refractivity contribution in [3.8, 4) is 11.5 Å². The van der Waals surface area contributed by atoms with Gasteiger partial charge in [0.25, 0.3) is 0 Å². The second-order valence-electron chi connectivity index (χ2n) is 5.71. The molecule has 0 heterocycles. The van der Waals surface area contributed by atoms with Crippen LogP contribution in [0.5, 0.6) is 11.5 Å². The van der Waals surface area contributed by atoms with Gasteiger partial charge in [-0.05, 0) is 54.8 Å². The highest BCUT2D eigenvalue weighted by molar-refractivity contribution is 6.30. The third-order valence-corrected chi connectivity index (χ3v) is 4.14. The molecule has 0 aliphatic rings. The van der Waals surface area contributed by atoms with E-state index in [1.165, 1.54) is 0 Å². The first kappa shape index (κ1) is 19.1. The molecule has 0 aromatic heterocycles. The molecule has 1 amide bonds. The van der Waals surface area contributed by atoms with Gasteiger partial charge in [0, 0.05) is 11.4 Å². The summed E-state index contributed by atoms with van der Waals surface area (Å²) in [5.74, 6) is 1.60. The fourth-order valence-electron chi connectivity index (χ4n) is 2.48. The molecular formula is C20H24ClNO3. The summed E-state index contributed by atoms with van der Waals surface area (Å²) >= 11 is 5.83.